The summed E-state index contributed by atoms with van der Waals surface area (Å²) in [6, 6.07) is 6.21. The zero-order chi connectivity index (χ0) is 19.8. The number of non-ortho nitro benzene ring substituents is 1. The van der Waals surface area contributed by atoms with E-state index in [1.807, 2.05) is 6.92 Å². The fourth-order valence-corrected chi connectivity index (χ4v) is 3.25. The number of hydrogen-bond donors (Lipinski definition) is 1. The molecule has 1 amide bonds. The van der Waals surface area contributed by atoms with Gasteiger partial charge >= 0.3 is 0 Å². The molecule has 0 radical (unpaired) electrons. The summed E-state index contributed by atoms with van der Waals surface area (Å²) in [4.78, 5) is 28.3. The normalized spacial score (nSPS) is 13.6. The van der Waals surface area contributed by atoms with Crippen molar-refractivity contribution in [3.63, 3.8) is 0 Å². The highest BCUT2D eigenvalue weighted by Crippen LogP contribution is 2.40. The molecule has 0 atom stereocenters. The first-order chi connectivity index (χ1) is 13.5. The first-order valence-corrected chi connectivity index (χ1v) is 9.33. The van der Waals surface area contributed by atoms with Crippen LogP contribution in [0.2, 0.25) is 0 Å². The molecule has 1 aliphatic carbocycles. The van der Waals surface area contributed by atoms with Crippen LogP contribution in [0.4, 0.5) is 11.4 Å². The van der Waals surface area contributed by atoms with Crippen molar-refractivity contribution in [1.29, 1.82) is 0 Å². The molecule has 8 nitrogen and oxygen atoms in total. The first-order valence-electron chi connectivity index (χ1n) is 9.33. The minimum atomic E-state index is -0.482. The molecule has 8 heteroatoms. The van der Waals surface area contributed by atoms with E-state index in [0.29, 0.717) is 40.4 Å². The number of hydrogen-bond acceptors (Lipinski definition) is 6. The summed E-state index contributed by atoms with van der Waals surface area (Å²) >= 11 is 0. The highest BCUT2D eigenvalue weighted by Gasteiger charge is 2.29. The summed E-state index contributed by atoms with van der Waals surface area (Å²) in [6.45, 7) is 3.82. The number of nitrogens with one attached hydrogen (secondary N) is 1. The number of nitro benzene ring substituents is 1. The van der Waals surface area contributed by atoms with Gasteiger partial charge in [-0.3, -0.25) is 14.9 Å². The van der Waals surface area contributed by atoms with Crippen molar-refractivity contribution in [2.45, 2.75) is 45.4 Å². The Bertz CT molecular complexity index is 1090. The third-order valence-electron chi connectivity index (χ3n) is 4.94. The largest absolute Gasteiger partial charge is 0.336 e. The first kappa shape index (κ1) is 18.1. The van der Waals surface area contributed by atoms with Gasteiger partial charge in [-0.1, -0.05) is 24.6 Å². The van der Waals surface area contributed by atoms with Crippen molar-refractivity contribution in [3.05, 3.63) is 56.9 Å². The quantitative estimate of drug-likeness (QED) is 0.497. The third kappa shape index (κ3) is 3.33. The lowest BCUT2D eigenvalue weighted by Crippen LogP contribution is -2.14. The summed E-state index contributed by atoms with van der Waals surface area (Å²) < 4.78 is 5.41. The molecule has 0 unspecified atom stereocenters. The van der Waals surface area contributed by atoms with Crippen molar-refractivity contribution in [2.75, 3.05) is 5.32 Å². The molecule has 4 rings (SSSR count). The Morgan fingerprint density at radius 2 is 2.14 bits per heavy atom. The van der Waals surface area contributed by atoms with E-state index < -0.39 is 4.92 Å². The summed E-state index contributed by atoms with van der Waals surface area (Å²) in [5, 5.41) is 18.6. The Kier molecular flexibility index (Phi) is 4.54. The average molecular weight is 380 g/mol. The highest BCUT2D eigenvalue weighted by atomic mass is 16.6. The summed E-state index contributed by atoms with van der Waals surface area (Å²) in [7, 11) is 0. The Morgan fingerprint density at radius 3 is 2.82 bits per heavy atom. The number of nitrogens with zero attached hydrogens (tertiary/aromatic N) is 3. The van der Waals surface area contributed by atoms with Gasteiger partial charge in [-0.05, 0) is 37.8 Å². The van der Waals surface area contributed by atoms with Crippen LogP contribution in [0.3, 0.4) is 0 Å². The van der Waals surface area contributed by atoms with Gasteiger partial charge in [-0.25, -0.2) is 4.98 Å². The molecule has 144 valence electrons. The Balaban J connectivity index is 1.77. The molecule has 0 bridgehead atoms. The summed E-state index contributed by atoms with van der Waals surface area (Å²) in [6.07, 6.45) is 3.61. The van der Waals surface area contributed by atoms with Gasteiger partial charge in [0.2, 0.25) is 0 Å². The Labute approximate surface area is 161 Å². The van der Waals surface area contributed by atoms with E-state index in [2.05, 4.69) is 15.5 Å². The molecule has 1 fully saturated rings. The molecule has 1 aromatic carbocycles. The molecule has 2 aromatic heterocycles. The number of carbonyl (C=O) groups is 1. The van der Waals surface area contributed by atoms with Crippen molar-refractivity contribution >= 4 is 28.4 Å². The predicted molar refractivity (Wildman–Crippen MR) is 104 cm³/mol. The third-order valence-corrected chi connectivity index (χ3v) is 4.94. The van der Waals surface area contributed by atoms with E-state index in [9.17, 15) is 14.9 Å². The molecule has 0 spiro atoms. The molecular formula is C20H20N4O4. The van der Waals surface area contributed by atoms with Gasteiger partial charge < -0.3 is 9.84 Å². The second-order valence-electron chi connectivity index (χ2n) is 7.14. The second-order valence-corrected chi connectivity index (χ2v) is 7.14. The van der Waals surface area contributed by atoms with Crippen molar-refractivity contribution in [3.8, 4) is 0 Å². The highest BCUT2D eigenvalue weighted by molar-refractivity contribution is 6.12. The molecule has 1 N–H and O–H groups in total. The van der Waals surface area contributed by atoms with Gasteiger partial charge in [-0.15, -0.1) is 0 Å². The van der Waals surface area contributed by atoms with Crippen LogP contribution < -0.4 is 5.32 Å². The fourth-order valence-electron chi connectivity index (χ4n) is 3.25. The van der Waals surface area contributed by atoms with E-state index in [0.717, 1.165) is 30.5 Å². The van der Waals surface area contributed by atoms with Crippen molar-refractivity contribution in [1.82, 2.24) is 10.1 Å². The van der Waals surface area contributed by atoms with E-state index in [1.165, 1.54) is 12.1 Å². The minimum Gasteiger partial charge on any atom is -0.336 e. The maximum absolute atomic E-state index is 13.1. The maximum atomic E-state index is 13.1. The van der Waals surface area contributed by atoms with E-state index in [4.69, 9.17) is 4.52 Å². The molecule has 0 saturated heterocycles. The number of anilines is 1. The van der Waals surface area contributed by atoms with E-state index in [1.54, 1.807) is 19.1 Å². The number of benzene rings is 1. The number of fused-ring (bicyclic) bond motifs is 1. The van der Waals surface area contributed by atoms with Gasteiger partial charge in [0, 0.05) is 23.7 Å². The molecule has 1 aliphatic rings. The summed E-state index contributed by atoms with van der Waals surface area (Å²) in [5.41, 5.74) is 3.42. The lowest BCUT2D eigenvalue weighted by Gasteiger charge is -2.10. The molecule has 3 aromatic rings. The number of aromatic nitrogens is 2. The predicted octanol–water partition coefficient (Wildman–Crippen LogP) is 4.52. The smallest absolute Gasteiger partial charge is 0.271 e. The minimum absolute atomic E-state index is 0.0731. The number of amides is 1. The second kappa shape index (κ2) is 7.03. The van der Waals surface area contributed by atoms with E-state index >= 15 is 0 Å². The van der Waals surface area contributed by atoms with Crippen LogP contribution in [0.25, 0.3) is 11.1 Å². The lowest BCUT2D eigenvalue weighted by molar-refractivity contribution is -0.384. The SMILES string of the molecule is CCCc1noc2nc(C3CC3)cc(C(=O)Nc3cc([N+](=O)[O-])ccc3C)c12. The van der Waals surface area contributed by atoms with Gasteiger partial charge in [0.05, 0.1) is 27.3 Å². The number of carbonyl (C=O) groups excluding carboxylic acids is 1. The van der Waals surface area contributed by atoms with Crippen LogP contribution in [0, 0.1) is 17.0 Å². The maximum Gasteiger partial charge on any atom is 0.271 e. The zero-order valence-electron chi connectivity index (χ0n) is 15.7. The topological polar surface area (TPSA) is 111 Å². The molecule has 2 heterocycles. The Morgan fingerprint density at radius 1 is 1.36 bits per heavy atom. The molecule has 0 aliphatic heterocycles. The number of rotatable bonds is 6. The lowest BCUT2D eigenvalue weighted by atomic mass is 10.0. The Hall–Kier alpha value is -3.29. The van der Waals surface area contributed by atoms with Crippen LogP contribution in [-0.4, -0.2) is 21.0 Å². The number of pyridine rings is 1. The number of aryl methyl sites for hydroxylation is 2. The van der Waals surface area contributed by atoms with E-state index in [-0.39, 0.29) is 11.6 Å². The molecular weight excluding hydrogens is 360 g/mol. The molecule has 28 heavy (non-hydrogen) atoms. The molecule has 1 saturated carbocycles. The van der Waals surface area contributed by atoms with Gasteiger partial charge in [0.1, 0.15) is 0 Å². The van der Waals surface area contributed by atoms with Gasteiger partial charge in [0.15, 0.2) is 0 Å². The standard InChI is InChI=1S/C20H20N4O4/c1-3-4-15-18-14(10-17(12-6-7-12)22-20(18)28-23-15)19(25)21-16-9-13(24(26)27)8-5-11(16)2/h5,8-10,12H,3-4,6-7H2,1-2H3,(H,21,25). The fraction of sp³-hybridized carbons (Fsp3) is 0.350. The van der Waals surface area contributed by atoms with Crippen LogP contribution in [-0.2, 0) is 6.42 Å². The van der Waals surface area contributed by atoms with Crippen LogP contribution >= 0.6 is 0 Å². The zero-order valence-corrected chi connectivity index (χ0v) is 15.7. The van der Waals surface area contributed by atoms with Crippen LogP contribution in [0.1, 0.15) is 59.4 Å². The van der Waals surface area contributed by atoms with Crippen LogP contribution in [0.5, 0.6) is 0 Å². The average Bonchev–Trinajstić information content (AvgIpc) is 3.45. The van der Waals surface area contributed by atoms with Gasteiger partial charge in [-0.2, -0.15) is 0 Å². The van der Waals surface area contributed by atoms with Crippen molar-refractivity contribution in [2.24, 2.45) is 0 Å². The summed E-state index contributed by atoms with van der Waals surface area (Å²) in [5.74, 6) is -0.00586. The number of nitro groups is 1. The van der Waals surface area contributed by atoms with Crippen LogP contribution in [0.15, 0.2) is 28.8 Å². The monoisotopic (exact) mass is 380 g/mol. The van der Waals surface area contributed by atoms with Gasteiger partial charge in [0.25, 0.3) is 17.3 Å². The van der Waals surface area contributed by atoms with Crippen molar-refractivity contribution < 1.29 is 14.2 Å².